The van der Waals surface area contributed by atoms with Crippen LogP contribution in [-0.2, 0) is 6.42 Å². The lowest BCUT2D eigenvalue weighted by Gasteiger charge is -2.04. The van der Waals surface area contributed by atoms with E-state index in [0.717, 1.165) is 6.54 Å². The molecule has 0 bridgehead atoms. The van der Waals surface area contributed by atoms with Crippen LogP contribution < -0.4 is 5.32 Å². The van der Waals surface area contributed by atoms with Gasteiger partial charge in [0.25, 0.3) is 0 Å². The summed E-state index contributed by atoms with van der Waals surface area (Å²) in [7, 11) is 2.02. The third-order valence-electron chi connectivity index (χ3n) is 2.63. The number of aryl methyl sites for hydroxylation is 2. The minimum absolute atomic E-state index is 1.15. The monoisotopic (exact) mass is 191 g/mol. The van der Waals surface area contributed by atoms with Crippen LogP contribution in [0, 0.1) is 6.92 Å². The van der Waals surface area contributed by atoms with Crippen LogP contribution in [0.2, 0.25) is 0 Å². The van der Waals surface area contributed by atoms with Crippen molar-refractivity contribution in [2.24, 2.45) is 0 Å². The van der Waals surface area contributed by atoms with E-state index in [0.29, 0.717) is 0 Å². The van der Waals surface area contributed by atoms with Crippen molar-refractivity contribution in [2.45, 2.75) is 32.6 Å². The van der Waals surface area contributed by atoms with Crippen LogP contribution in [0.3, 0.4) is 0 Å². The van der Waals surface area contributed by atoms with Crippen molar-refractivity contribution in [3.63, 3.8) is 0 Å². The molecule has 1 nitrogen and oxygen atoms in total. The van der Waals surface area contributed by atoms with Crippen molar-refractivity contribution in [1.82, 2.24) is 5.32 Å². The van der Waals surface area contributed by atoms with Crippen molar-refractivity contribution < 1.29 is 0 Å². The highest BCUT2D eigenvalue weighted by molar-refractivity contribution is 5.25. The van der Waals surface area contributed by atoms with Crippen molar-refractivity contribution >= 4 is 0 Å². The van der Waals surface area contributed by atoms with E-state index >= 15 is 0 Å². The highest BCUT2D eigenvalue weighted by Crippen LogP contribution is 2.11. The van der Waals surface area contributed by atoms with Gasteiger partial charge in [0.15, 0.2) is 0 Å². The maximum atomic E-state index is 3.18. The molecule has 1 aromatic rings. The summed E-state index contributed by atoms with van der Waals surface area (Å²) in [4.78, 5) is 0. The van der Waals surface area contributed by atoms with Crippen LogP contribution >= 0.6 is 0 Å². The van der Waals surface area contributed by atoms with E-state index < -0.39 is 0 Å². The van der Waals surface area contributed by atoms with Crippen molar-refractivity contribution in [2.75, 3.05) is 13.6 Å². The van der Waals surface area contributed by atoms with Crippen LogP contribution in [0.25, 0.3) is 0 Å². The fraction of sp³-hybridized carbons (Fsp3) is 0.538. The molecule has 0 aromatic heterocycles. The van der Waals surface area contributed by atoms with Gasteiger partial charge in [-0.15, -0.1) is 0 Å². The molecule has 14 heavy (non-hydrogen) atoms. The standard InChI is InChI=1S/C13H21N/c1-12-8-5-6-10-13(12)9-4-3-7-11-14-2/h5-6,8,10,14H,3-4,7,9,11H2,1-2H3. The number of hydrogen-bond acceptors (Lipinski definition) is 1. The van der Waals surface area contributed by atoms with Crippen molar-refractivity contribution in [3.8, 4) is 0 Å². The van der Waals surface area contributed by atoms with E-state index in [2.05, 4.69) is 36.5 Å². The summed E-state index contributed by atoms with van der Waals surface area (Å²) in [6.07, 6.45) is 5.17. The molecule has 0 aliphatic heterocycles. The number of hydrogen-bond donors (Lipinski definition) is 1. The highest BCUT2D eigenvalue weighted by atomic mass is 14.8. The van der Waals surface area contributed by atoms with Gasteiger partial charge in [-0.05, 0) is 50.9 Å². The Morgan fingerprint density at radius 3 is 2.57 bits per heavy atom. The Hall–Kier alpha value is -0.820. The third kappa shape index (κ3) is 3.93. The summed E-state index contributed by atoms with van der Waals surface area (Å²) in [5, 5.41) is 3.18. The first kappa shape index (κ1) is 11.3. The van der Waals surface area contributed by atoms with Gasteiger partial charge in [-0.25, -0.2) is 0 Å². The summed E-state index contributed by atoms with van der Waals surface area (Å²) >= 11 is 0. The zero-order chi connectivity index (χ0) is 10.2. The first-order valence-corrected chi connectivity index (χ1v) is 5.53. The average molecular weight is 191 g/mol. The topological polar surface area (TPSA) is 12.0 Å². The Labute approximate surface area is 87.5 Å². The maximum absolute atomic E-state index is 3.18. The Morgan fingerprint density at radius 1 is 1.07 bits per heavy atom. The first-order chi connectivity index (χ1) is 6.84. The van der Waals surface area contributed by atoms with Crippen molar-refractivity contribution in [3.05, 3.63) is 35.4 Å². The van der Waals surface area contributed by atoms with Gasteiger partial charge in [-0.1, -0.05) is 30.7 Å². The van der Waals surface area contributed by atoms with Gasteiger partial charge in [0.05, 0.1) is 0 Å². The minimum atomic E-state index is 1.15. The molecule has 0 atom stereocenters. The zero-order valence-electron chi connectivity index (χ0n) is 9.34. The smallest absolute Gasteiger partial charge is 0.00519 e. The second kappa shape index (κ2) is 6.61. The molecular formula is C13H21N. The Balaban J connectivity index is 2.21. The second-order valence-electron chi connectivity index (χ2n) is 3.84. The molecule has 1 rings (SSSR count). The summed E-state index contributed by atoms with van der Waals surface area (Å²) < 4.78 is 0. The van der Waals surface area contributed by atoms with Gasteiger partial charge in [0.2, 0.25) is 0 Å². The Morgan fingerprint density at radius 2 is 1.86 bits per heavy atom. The lowest BCUT2D eigenvalue weighted by Crippen LogP contribution is -2.07. The van der Waals surface area contributed by atoms with E-state index in [9.17, 15) is 0 Å². The number of benzene rings is 1. The summed E-state index contributed by atoms with van der Waals surface area (Å²) in [5.41, 5.74) is 2.94. The largest absolute Gasteiger partial charge is 0.320 e. The molecule has 0 spiro atoms. The van der Waals surface area contributed by atoms with Gasteiger partial charge < -0.3 is 5.32 Å². The molecule has 78 valence electrons. The Bertz CT molecular complexity index is 255. The average Bonchev–Trinajstić information content (AvgIpc) is 2.20. The molecule has 0 heterocycles. The molecule has 0 aliphatic rings. The predicted molar refractivity (Wildman–Crippen MR) is 62.7 cm³/mol. The van der Waals surface area contributed by atoms with E-state index in [1.54, 1.807) is 0 Å². The van der Waals surface area contributed by atoms with Crippen molar-refractivity contribution in [1.29, 1.82) is 0 Å². The molecule has 0 unspecified atom stereocenters. The van der Waals surface area contributed by atoms with Gasteiger partial charge in [-0.2, -0.15) is 0 Å². The van der Waals surface area contributed by atoms with Crippen LogP contribution in [-0.4, -0.2) is 13.6 Å². The predicted octanol–water partition coefficient (Wildman–Crippen LogP) is 2.93. The third-order valence-corrected chi connectivity index (χ3v) is 2.63. The zero-order valence-corrected chi connectivity index (χ0v) is 9.34. The molecule has 1 heteroatoms. The molecular weight excluding hydrogens is 170 g/mol. The summed E-state index contributed by atoms with van der Waals surface area (Å²) in [6.45, 7) is 3.34. The molecule has 0 saturated heterocycles. The molecule has 0 saturated carbocycles. The summed E-state index contributed by atoms with van der Waals surface area (Å²) in [5.74, 6) is 0. The normalized spacial score (nSPS) is 10.4. The highest BCUT2D eigenvalue weighted by Gasteiger charge is 1.96. The fourth-order valence-electron chi connectivity index (χ4n) is 1.68. The van der Waals surface area contributed by atoms with Gasteiger partial charge in [0.1, 0.15) is 0 Å². The maximum Gasteiger partial charge on any atom is -0.00519 e. The van der Waals surface area contributed by atoms with Gasteiger partial charge >= 0.3 is 0 Å². The second-order valence-corrected chi connectivity index (χ2v) is 3.84. The van der Waals surface area contributed by atoms with E-state index in [1.165, 1.54) is 36.8 Å². The van der Waals surface area contributed by atoms with E-state index in [4.69, 9.17) is 0 Å². The molecule has 1 N–H and O–H groups in total. The fourth-order valence-corrected chi connectivity index (χ4v) is 1.68. The molecule has 0 aliphatic carbocycles. The first-order valence-electron chi connectivity index (χ1n) is 5.53. The Kier molecular flexibility index (Phi) is 5.31. The number of unbranched alkanes of at least 4 members (excludes halogenated alkanes) is 2. The van der Waals surface area contributed by atoms with E-state index in [-0.39, 0.29) is 0 Å². The SMILES string of the molecule is CNCCCCCc1ccccc1C. The number of rotatable bonds is 6. The van der Waals surface area contributed by atoms with Crippen LogP contribution in [0.5, 0.6) is 0 Å². The van der Waals surface area contributed by atoms with Crippen LogP contribution in [0.1, 0.15) is 30.4 Å². The molecule has 0 fully saturated rings. The van der Waals surface area contributed by atoms with Crippen LogP contribution in [0.4, 0.5) is 0 Å². The van der Waals surface area contributed by atoms with E-state index in [1.807, 2.05) is 7.05 Å². The summed E-state index contributed by atoms with van der Waals surface area (Å²) in [6, 6.07) is 8.69. The lowest BCUT2D eigenvalue weighted by atomic mass is 10.0. The van der Waals surface area contributed by atoms with Gasteiger partial charge in [-0.3, -0.25) is 0 Å². The van der Waals surface area contributed by atoms with Gasteiger partial charge in [0, 0.05) is 0 Å². The molecule has 0 radical (unpaired) electrons. The minimum Gasteiger partial charge on any atom is -0.320 e. The lowest BCUT2D eigenvalue weighted by molar-refractivity contribution is 0.641. The van der Waals surface area contributed by atoms with Crippen LogP contribution in [0.15, 0.2) is 24.3 Å². The number of nitrogens with one attached hydrogen (secondary N) is 1. The molecule has 1 aromatic carbocycles. The molecule has 0 amide bonds. The quantitative estimate of drug-likeness (QED) is 0.682.